The van der Waals surface area contributed by atoms with Crippen molar-refractivity contribution in [3.05, 3.63) is 29.6 Å². The van der Waals surface area contributed by atoms with Gasteiger partial charge in [-0.1, -0.05) is 0 Å². The van der Waals surface area contributed by atoms with Gasteiger partial charge in [-0.05, 0) is 51.5 Å². The van der Waals surface area contributed by atoms with E-state index >= 15 is 0 Å². The fourth-order valence-electron chi connectivity index (χ4n) is 2.56. The van der Waals surface area contributed by atoms with Gasteiger partial charge in [-0.15, -0.1) is 0 Å². The molecular weight excluding hydrogens is 317 g/mol. The van der Waals surface area contributed by atoms with Gasteiger partial charge in [0, 0.05) is 6.42 Å². The summed E-state index contributed by atoms with van der Waals surface area (Å²) in [6.07, 6.45) is -1.04. The van der Waals surface area contributed by atoms with Gasteiger partial charge in [0.1, 0.15) is 29.3 Å². The first-order valence-electron chi connectivity index (χ1n) is 7.72. The van der Waals surface area contributed by atoms with E-state index in [1.54, 1.807) is 27.7 Å². The number of ether oxygens (including phenoxy) is 2. The summed E-state index contributed by atoms with van der Waals surface area (Å²) in [4.78, 5) is 24.8. The predicted molar refractivity (Wildman–Crippen MR) is 84.5 cm³/mol. The number of carbonyl (C=O) groups is 2. The number of amides is 1. The van der Waals surface area contributed by atoms with Crippen molar-refractivity contribution in [2.75, 3.05) is 6.54 Å². The van der Waals surface area contributed by atoms with Crippen LogP contribution in [0.4, 0.5) is 9.18 Å². The van der Waals surface area contributed by atoms with Crippen LogP contribution in [0, 0.1) is 12.7 Å². The first kappa shape index (κ1) is 18.0. The molecule has 24 heavy (non-hydrogen) atoms. The highest BCUT2D eigenvalue weighted by molar-refractivity contribution is 5.81. The Bertz CT molecular complexity index is 640. The Labute approximate surface area is 140 Å². The third kappa shape index (κ3) is 4.37. The van der Waals surface area contributed by atoms with E-state index in [0.717, 1.165) is 4.90 Å². The lowest BCUT2D eigenvalue weighted by Gasteiger charge is -2.26. The molecule has 0 aromatic heterocycles. The maximum absolute atomic E-state index is 13.2. The van der Waals surface area contributed by atoms with Crippen LogP contribution >= 0.6 is 0 Å². The zero-order chi connectivity index (χ0) is 18.1. The SMILES string of the molecule is Cc1cc(F)ccc1OC1CC(C(=O)O)N(C(=O)OC(C)(C)C)C1. The van der Waals surface area contributed by atoms with Gasteiger partial charge < -0.3 is 14.6 Å². The Hall–Kier alpha value is -2.31. The van der Waals surface area contributed by atoms with Crippen molar-refractivity contribution in [3.63, 3.8) is 0 Å². The number of likely N-dealkylation sites (tertiary alicyclic amines) is 1. The van der Waals surface area contributed by atoms with E-state index in [1.807, 2.05) is 0 Å². The number of halogens is 1. The lowest BCUT2D eigenvalue weighted by atomic mass is 10.2. The Morgan fingerprint density at radius 2 is 2.00 bits per heavy atom. The minimum Gasteiger partial charge on any atom is -0.488 e. The maximum atomic E-state index is 13.2. The second kappa shape index (κ2) is 6.67. The van der Waals surface area contributed by atoms with Crippen LogP contribution in [0.3, 0.4) is 0 Å². The summed E-state index contributed by atoms with van der Waals surface area (Å²) >= 11 is 0. The van der Waals surface area contributed by atoms with E-state index in [-0.39, 0.29) is 18.8 Å². The zero-order valence-electron chi connectivity index (χ0n) is 14.2. The van der Waals surface area contributed by atoms with Crippen LogP contribution in [-0.2, 0) is 9.53 Å². The molecule has 2 rings (SSSR count). The topological polar surface area (TPSA) is 76.1 Å². The number of benzene rings is 1. The highest BCUT2D eigenvalue weighted by Gasteiger charge is 2.42. The summed E-state index contributed by atoms with van der Waals surface area (Å²) in [6, 6.07) is 3.10. The largest absolute Gasteiger partial charge is 0.488 e. The van der Waals surface area contributed by atoms with Crippen molar-refractivity contribution in [3.8, 4) is 5.75 Å². The number of rotatable bonds is 3. The highest BCUT2D eigenvalue weighted by atomic mass is 19.1. The number of aryl methyl sites for hydroxylation is 1. The fourth-order valence-corrected chi connectivity index (χ4v) is 2.56. The lowest BCUT2D eigenvalue weighted by molar-refractivity contribution is -0.142. The molecule has 1 heterocycles. The molecule has 0 radical (unpaired) electrons. The quantitative estimate of drug-likeness (QED) is 0.916. The Kier molecular flexibility index (Phi) is 5.01. The van der Waals surface area contributed by atoms with Crippen molar-refractivity contribution >= 4 is 12.1 Å². The summed E-state index contributed by atoms with van der Waals surface area (Å²) in [7, 11) is 0. The Morgan fingerprint density at radius 3 is 2.54 bits per heavy atom. The van der Waals surface area contributed by atoms with Gasteiger partial charge in [0.15, 0.2) is 0 Å². The number of carboxylic acids is 1. The second-order valence-electron chi connectivity index (χ2n) is 6.87. The molecule has 1 saturated heterocycles. The number of nitrogens with zero attached hydrogens (tertiary/aromatic N) is 1. The zero-order valence-corrected chi connectivity index (χ0v) is 14.2. The van der Waals surface area contributed by atoms with Gasteiger partial charge in [-0.2, -0.15) is 0 Å². The standard InChI is InChI=1S/C17H22FNO5/c1-10-7-11(18)5-6-14(10)23-12-8-13(15(20)21)19(9-12)16(22)24-17(2,3)4/h5-7,12-13H,8-9H2,1-4H3,(H,20,21). The van der Waals surface area contributed by atoms with Crippen LogP contribution in [0.2, 0.25) is 0 Å². The number of carboxylic acid groups (broad SMARTS) is 1. The number of aliphatic carboxylic acids is 1. The van der Waals surface area contributed by atoms with Crippen LogP contribution in [0.1, 0.15) is 32.8 Å². The van der Waals surface area contributed by atoms with Crippen LogP contribution < -0.4 is 4.74 Å². The van der Waals surface area contributed by atoms with E-state index in [9.17, 15) is 19.1 Å². The third-order valence-corrected chi connectivity index (χ3v) is 3.61. The normalized spacial score (nSPS) is 20.8. The predicted octanol–water partition coefficient (Wildman–Crippen LogP) is 2.98. The first-order valence-corrected chi connectivity index (χ1v) is 7.72. The van der Waals surface area contributed by atoms with E-state index in [1.165, 1.54) is 18.2 Å². The fraction of sp³-hybridized carbons (Fsp3) is 0.529. The van der Waals surface area contributed by atoms with E-state index < -0.39 is 29.8 Å². The van der Waals surface area contributed by atoms with E-state index in [2.05, 4.69) is 0 Å². The van der Waals surface area contributed by atoms with E-state index in [0.29, 0.717) is 11.3 Å². The molecule has 132 valence electrons. The minimum atomic E-state index is -1.11. The molecule has 0 aliphatic carbocycles. The van der Waals surface area contributed by atoms with Gasteiger partial charge in [0.25, 0.3) is 0 Å². The average Bonchev–Trinajstić information content (AvgIpc) is 2.84. The van der Waals surface area contributed by atoms with Crippen LogP contribution in [0.5, 0.6) is 5.75 Å². The Morgan fingerprint density at radius 1 is 1.33 bits per heavy atom. The molecule has 1 aliphatic heterocycles. The molecule has 1 N–H and O–H groups in total. The van der Waals surface area contributed by atoms with Gasteiger partial charge in [0.2, 0.25) is 0 Å². The third-order valence-electron chi connectivity index (χ3n) is 3.61. The molecule has 0 saturated carbocycles. The number of carbonyl (C=O) groups excluding carboxylic acids is 1. The van der Waals surface area contributed by atoms with Gasteiger partial charge in [0.05, 0.1) is 6.54 Å². The highest BCUT2D eigenvalue weighted by Crippen LogP contribution is 2.27. The smallest absolute Gasteiger partial charge is 0.411 e. The summed E-state index contributed by atoms with van der Waals surface area (Å²) in [5.41, 5.74) is -0.107. The maximum Gasteiger partial charge on any atom is 0.411 e. The van der Waals surface area contributed by atoms with Gasteiger partial charge in [-0.25, -0.2) is 14.0 Å². The van der Waals surface area contributed by atoms with Crippen LogP contribution in [0.15, 0.2) is 18.2 Å². The summed E-state index contributed by atoms with van der Waals surface area (Å²) in [5, 5.41) is 9.35. The monoisotopic (exact) mass is 339 g/mol. The van der Waals surface area contributed by atoms with Gasteiger partial charge in [-0.3, -0.25) is 4.90 Å². The first-order chi connectivity index (χ1) is 11.1. The molecule has 6 nitrogen and oxygen atoms in total. The molecule has 2 unspecified atom stereocenters. The molecule has 1 aromatic carbocycles. The molecule has 1 amide bonds. The number of hydrogen-bond acceptors (Lipinski definition) is 4. The van der Waals surface area contributed by atoms with E-state index in [4.69, 9.17) is 9.47 Å². The molecule has 0 spiro atoms. The van der Waals surface area contributed by atoms with Crippen molar-refractivity contribution in [2.45, 2.75) is 51.9 Å². The molecule has 1 fully saturated rings. The molecule has 1 aromatic rings. The lowest BCUT2D eigenvalue weighted by Crippen LogP contribution is -2.43. The minimum absolute atomic E-state index is 0.0999. The van der Waals surface area contributed by atoms with Crippen molar-refractivity contribution in [1.29, 1.82) is 0 Å². The summed E-state index contributed by atoms with van der Waals surface area (Å²) < 4.78 is 24.2. The number of hydrogen-bond donors (Lipinski definition) is 1. The molecular formula is C17H22FNO5. The average molecular weight is 339 g/mol. The summed E-state index contributed by atoms with van der Waals surface area (Å²) in [5.74, 6) is -1.01. The molecule has 1 aliphatic rings. The van der Waals surface area contributed by atoms with Gasteiger partial charge >= 0.3 is 12.1 Å². The molecule has 2 atom stereocenters. The van der Waals surface area contributed by atoms with Crippen LogP contribution in [0.25, 0.3) is 0 Å². The molecule has 7 heteroatoms. The Balaban J connectivity index is 2.11. The van der Waals surface area contributed by atoms with Crippen LogP contribution in [-0.4, -0.2) is 46.4 Å². The van der Waals surface area contributed by atoms with Crippen molar-refractivity contribution < 1.29 is 28.6 Å². The summed E-state index contributed by atoms with van der Waals surface area (Å²) in [6.45, 7) is 6.95. The van der Waals surface area contributed by atoms with Crippen molar-refractivity contribution in [1.82, 2.24) is 4.90 Å². The molecule has 0 bridgehead atoms. The van der Waals surface area contributed by atoms with Crippen molar-refractivity contribution in [2.24, 2.45) is 0 Å². The second-order valence-corrected chi connectivity index (χ2v) is 6.87.